The number of nitrogens with zero attached hydrogens (tertiary/aromatic N) is 3. The molecule has 8 heteroatoms. The highest BCUT2D eigenvalue weighted by Gasteiger charge is 2.20. The number of rotatable bonds is 6. The molecule has 7 nitrogen and oxygen atoms in total. The van der Waals surface area contributed by atoms with E-state index in [0.717, 1.165) is 44.0 Å². The van der Waals surface area contributed by atoms with Gasteiger partial charge in [-0.2, -0.15) is 0 Å². The van der Waals surface area contributed by atoms with E-state index in [1.165, 1.54) is 5.69 Å². The average molecular weight is 395 g/mol. The predicted molar refractivity (Wildman–Crippen MR) is 112 cm³/mol. The third-order valence-electron chi connectivity index (χ3n) is 4.47. The van der Waals surface area contributed by atoms with Crippen LogP contribution < -0.4 is 16.0 Å². The zero-order valence-electron chi connectivity index (χ0n) is 17.3. The molecule has 1 fully saturated rings. The van der Waals surface area contributed by atoms with Crippen molar-refractivity contribution in [2.45, 2.75) is 52.6 Å². The monoisotopic (exact) mass is 394 g/mol. The van der Waals surface area contributed by atoms with E-state index in [1.54, 1.807) is 18.4 Å². The molecule has 1 aliphatic heterocycles. The SMILES string of the molecule is CN=C(NCC(=O)NC(C)(C)C)NCC1CCN(Cc2csc(C)n2)CC1. The molecule has 1 amide bonds. The summed E-state index contributed by atoms with van der Waals surface area (Å²) in [5, 5.41) is 12.7. The van der Waals surface area contributed by atoms with Gasteiger partial charge in [-0.1, -0.05) is 0 Å². The van der Waals surface area contributed by atoms with Crippen LogP contribution in [-0.2, 0) is 11.3 Å². The van der Waals surface area contributed by atoms with Crippen molar-refractivity contribution in [3.63, 3.8) is 0 Å². The maximum atomic E-state index is 11.9. The summed E-state index contributed by atoms with van der Waals surface area (Å²) in [5.41, 5.74) is 0.966. The number of amides is 1. The van der Waals surface area contributed by atoms with Crippen LogP contribution in [0, 0.1) is 12.8 Å². The van der Waals surface area contributed by atoms with E-state index in [4.69, 9.17) is 0 Å². The summed E-state index contributed by atoms with van der Waals surface area (Å²) in [7, 11) is 1.73. The molecule has 1 aliphatic rings. The van der Waals surface area contributed by atoms with Gasteiger partial charge in [-0.3, -0.25) is 14.7 Å². The van der Waals surface area contributed by atoms with E-state index >= 15 is 0 Å². The van der Waals surface area contributed by atoms with Gasteiger partial charge in [0.15, 0.2) is 5.96 Å². The minimum Gasteiger partial charge on any atom is -0.356 e. The zero-order valence-corrected chi connectivity index (χ0v) is 18.1. The van der Waals surface area contributed by atoms with Gasteiger partial charge in [0.1, 0.15) is 0 Å². The van der Waals surface area contributed by atoms with Crippen molar-refractivity contribution in [1.29, 1.82) is 0 Å². The number of hydrogen-bond acceptors (Lipinski definition) is 5. The van der Waals surface area contributed by atoms with Gasteiger partial charge in [0.2, 0.25) is 5.91 Å². The van der Waals surface area contributed by atoms with E-state index in [9.17, 15) is 4.79 Å². The summed E-state index contributed by atoms with van der Waals surface area (Å²) in [6.07, 6.45) is 2.33. The summed E-state index contributed by atoms with van der Waals surface area (Å²) < 4.78 is 0. The van der Waals surface area contributed by atoms with Crippen molar-refractivity contribution in [3.05, 3.63) is 16.1 Å². The van der Waals surface area contributed by atoms with Gasteiger partial charge in [0, 0.05) is 31.1 Å². The summed E-state index contributed by atoms with van der Waals surface area (Å²) in [6, 6.07) is 0. The van der Waals surface area contributed by atoms with Gasteiger partial charge in [0.25, 0.3) is 0 Å². The van der Waals surface area contributed by atoms with Crippen LogP contribution in [0.2, 0.25) is 0 Å². The van der Waals surface area contributed by atoms with Crippen LogP contribution in [0.1, 0.15) is 44.3 Å². The van der Waals surface area contributed by atoms with Crippen LogP contribution in [0.3, 0.4) is 0 Å². The van der Waals surface area contributed by atoms with Crippen LogP contribution in [-0.4, -0.2) is 60.5 Å². The molecule has 0 atom stereocenters. The number of piperidine rings is 1. The van der Waals surface area contributed by atoms with E-state index in [-0.39, 0.29) is 18.0 Å². The highest BCUT2D eigenvalue weighted by atomic mass is 32.1. The largest absolute Gasteiger partial charge is 0.356 e. The maximum Gasteiger partial charge on any atom is 0.239 e. The fraction of sp³-hybridized carbons (Fsp3) is 0.737. The number of aliphatic imine (C=N–C) groups is 1. The lowest BCUT2D eigenvalue weighted by Crippen LogP contribution is -2.49. The minimum atomic E-state index is -0.221. The summed E-state index contributed by atoms with van der Waals surface area (Å²) in [4.78, 5) is 23.2. The van der Waals surface area contributed by atoms with Crippen molar-refractivity contribution in [1.82, 2.24) is 25.8 Å². The number of nitrogens with one attached hydrogen (secondary N) is 3. The molecule has 27 heavy (non-hydrogen) atoms. The molecular formula is C19H34N6OS. The Morgan fingerprint density at radius 3 is 2.59 bits per heavy atom. The molecule has 0 spiro atoms. The molecule has 0 unspecified atom stereocenters. The lowest BCUT2D eigenvalue weighted by molar-refractivity contribution is -0.121. The first-order valence-electron chi connectivity index (χ1n) is 9.64. The highest BCUT2D eigenvalue weighted by Crippen LogP contribution is 2.19. The quantitative estimate of drug-likeness (QED) is 0.506. The van der Waals surface area contributed by atoms with Gasteiger partial charge in [-0.05, 0) is 59.5 Å². The third-order valence-corrected chi connectivity index (χ3v) is 5.29. The van der Waals surface area contributed by atoms with Gasteiger partial charge < -0.3 is 16.0 Å². The summed E-state index contributed by atoms with van der Waals surface area (Å²) in [6.45, 7) is 12.2. The van der Waals surface area contributed by atoms with Crippen molar-refractivity contribution in [2.75, 3.05) is 33.2 Å². The van der Waals surface area contributed by atoms with E-state index in [2.05, 4.69) is 43.1 Å². The Morgan fingerprint density at radius 2 is 2.04 bits per heavy atom. The second-order valence-corrected chi connectivity index (χ2v) is 9.24. The fourth-order valence-corrected chi connectivity index (χ4v) is 3.75. The highest BCUT2D eigenvalue weighted by molar-refractivity contribution is 7.09. The molecule has 152 valence electrons. The molecule has 0 bridgehead atoms. The van der Waals surface area contributed by atoms with Crippen molar-refractivity contribution in [2.24, 2.45) is 10.9 Å². The third kappa shape index (κ3) is 8.26. The molecule has 1 aromatic heterocycles. The van der Waals surface area contributed by atoms with Crippen molar-refractivity contribution < 1.29 is 4.79 Å². The number of aryl methyl sites for hydroxylation is 1. The zero-order chi connectivity index (χ0) is 19.9. The van der Waals surface area contributed by atoms with E-state index in [1.807, 2.05) is 20.8 Å². The van der Waals surface area contributed by atoms with Crippen molar-refractivity contribution >= 4 is 23.2 Å². The second-order valence-electron chi connectivity index (χ2n) is 8.18. The molecule has 1 aromatic rings. The normalized spacial score (nSPS) is 17.0. The van der Waals surface area contributed by atoms with Gasteiger partial charge in [0.05, 0.1) is 17.2 Å². The van der Waals surface area contributed by atoms with Crippen LogP contribution in [0.5, 0.6) is 0 Å². The summed E-state index contributed by atoms with van der Waals surface area (Å²) in [5.74, 6) is 1.27. The van der Waals surface area contributed by atoms with E-state index in [0.29, 0.717) is 11.9 Å². The smallest absolute Gasteiger partial charge is 0.239 e. The Morgan fingerprint density at radius 1 is 1.33 bits per heavy atom. The van der Waals surface area contributed by atoms with Crippen molar-refractivity contribution in [3.8, 4) is 0 Å². The Hall–Kier alpha value is -1.67. The fourth-order valence-electron chi connectivity index (χ4n) is 3.15. The number of hydrogen-bond donors (Lipinski definition) is 3. The Kier molecular flexibility index (Phi) is 8.04. The maximum absolute atomic E-state index is 11.9. The number of carbonyl (C=O) groups excluding carboxylic acids is 1. The average Bonchev–Trinajstić information content (AvgIpc) is 2.99. The Labute approximate surface area is 167 Å². The van der Waals surface area contributed by atoms with Crippen LogP contribution in [0.15, 0.2) is 10.4 Å². The second kappa shape index (κ2) is 10.0. The van der Waals surface area contributed by atoms with Gasteiger partial charge >= 0.3 is 0 Å². The van der Waals surface area contributed by atoms with Crippen LogP contribution in [0.4, 0.5) is 0 Å². The topological polar surface area (TPSA) is 81.6 Å². The summed E-state index contributed by atoms with van der Waals surface area (Å²) >= 11 is 1.72. The minimum absolute atomic E-state index is 0.0314. The first-order valence-corrected chi connectivity index (χ1v) is 10.5. The molecular weight excluding hydrogens is 360 g/mol. The lowest BCUT2D eigenvalue weighted by atomic mass is 9.97. The first-order chi connectivity index (χ1) is 12.7. The lowest BCUT2D eigenvalue weighted by Gasteiger charge is -2.31. The molecule has 0 saturated carbocycles. The van der Waals surface area contributed by atoms with E-state index < -0.39 is 0 Å². The van der Waals surface area contributed by atoms with Gasteiger partial charge in [-0.25, -0.2) is 4.98 Å². The number of guanidine groups is 1. The predicted octanol–water partition coefficient (Wildman–Crippen LogP) is 1.74. The molecule has 0 aromatic carbocycles. The molecule has 2 rings (SSSR count). The van der Waals surface area contributed by atoms with Gasteiger partial charge in [-0.15, -0.1) is 11.3 Å². The molecule has 0 radical (unpaired) electrons. The number of aromatic nitrogens is 1. The number of thiazole rings is 1. The van der Waals surface area contributed by atoms with Crippen LogP contribution in [0.25, 0.3) is 0 Å². The van der Waals surface area contributed by atoms with Crippen LogP contribution >= 0.6 is 11.3 Å². The number of carbonyl (C=O) groups is 1. The standard InChI is InChI=1S/C19H34N6OS/c1-14-23-16(13-27-14)12-25-8-6-15(7-9-25)10-21-18(20-5)22-11-17(26)24-19(2,3)4/h13,15H,6-12H2,1-5H3,(H,24,26)(H2,20,21,22). The molecule has 0 aliphatic carbocycles. The number of likely N-dealkylation sites (tertiary alicyclic amines) is 1. The first kappa shape index (κ1) is 21.6. The molecule has 3 N–H and O–H groups in total. The Balaban J connectivity index is 1.65. The molecule has 1 saturated heterocycles. The molecule has 2 heterocycles. The Bertz CT molecular complexity index is 628.